The zero-order valence-corrected chi connectivity index (χ0v) is 18.9. The molecule has 0 aliphatic carbocycles. The lowest BCUT2D eigenvalue weighted by Gasteiger charge is -2.26. The first-order valence-electron chi connectivity index (χ1n) is 10.0. The standard InChI is InChI=1S/C21H23N3O6S2/c25-20(13-23-15-31-14-21(23)26)22-18-12-17(32(27,28)24-8-10-29-11-9-24)6-7-19(18)30-16-4-2-1-3-5-16/h1-7,12H,8-11,13-15H2,(H,22,25). The number of nitrogens with one attached hydrogen (secondary N) is 1. The van der Waals surface area contributed by atoms with Crippen LogP contribution in [0.4, 0.5) is 5.69 Å². The lowest BCUT2D eigenvalue weighted by molar-refractivity contribution is -0.130. The molecular weight excluding hydrogens is 454 g/mol. The van der Waals surface area contributed by atoms with Gasteiger partial charge in [-0.1, -0.05) is 18.2 Å². The molecule has 9 nitrogen and oxygen atoms in total. The number of para-hydroxylation sites is 1. The molecule has 2 aliphatic heterocycles. The normalized spacial score (nSPS) is 17.4. The summed E-state index contributed by atoms with van der Waals surface area (Å²) in [6.45, 7) is 1.08. The Bertz CT molecular complexity index is 1090. The van der Waals surface area contributed by atoms with E-state index >= 15 is 0 Å². The number of rotatable bonds is 7. The van der Waals surface area contributed by atoms with E-state index in [0.717, 1.165) is 0 Å². The molecule has 2 saturated heterocycles. The van der Waals surface area contributed by atoms with Gasteiger partial charge in [-0.15, -0.1) is 11.8 Å². The van der Waals surface area contributed by atoms with Crippen molar-refractivity contribution in [2.75, 3.05) is 49.8 Å². The van der Waals surface area contributed by atoms with Gasteiger partial charge in [-0.05, 0) is 30.3 Å². The minimum Gasteiger partial charge on any atom is -0.455 e. The van der Waals surface area contributed by atoms with Gasteiger partial charge in [0.25, 0.3) is 0 Å². The molecule has 0 aromatic heterocycles. The first-order valence-corrected chi connectivity index (χ1v) is 12.6. The first kappa shape index (κ1) is 22.6. The maximum absolute atomic E-state index is 13.1. The molecule has 32 heavy (non-hydrogen) atoms. The number of amides is 2. The average molecular weight is 478 g/mol. The van der Waals surface area contributed by atoms with E-state index in [4.69, 9.17) is 9.47 Å². The van der Waals surface area contributed by atoms with E-state index in [0.29, 0.717) is 36.3 Å². The Kier molecular flexibility index (Phi) is 6.99. The van der Waals surface area contributed by atoms with Crippen LogP contribution in [0.1, 0.15) is 0 Å². The lowest BCUT2D eigenvalue weighted by Crippen LogP contribution is -2.40. The summed E-state index contributed by atoms with van der Waals surface area (Å²) in [7, 11) is -3.76. The van der Waals surface area contributed by atoms with Crippen LogP contribution < -0.4 is 10.1 Å². The summed E-state index contributed by atoms with van der Waals surface area (Å²) >= 11 is 1.44. The quantitative estimate of drug-likeness (QED) is 0.650. The molecule has 1 N–H and O–H groups in total. The van der Waals surface area contributed by atoms with Crippen LogP contribution in [-0.4, -0.2) is 73.9 Å². The number of ether oxygens (including phenoxy) is 2. The maximum Gasteiger partial charge on any atom is 0.244 e. The van der Waals surface area contributed by atoms with E-state index < -0.39 is 15.9 Å². The van der Waals surface area contributed by atoms with E-state index in [1.807, 2.05) is 18.2 Å². The Labute approximate surface area is 190 Å². The lowest BCUT2D eigenvalue weighted by atomic mass is 10.2. The third kappa shape index (κ3) is 5.23. The summed E-state index contributed by atoms with van der Waals surface area (Å²) in [6, 6.07) is 13.3. The molecule has 4 rings (SSSR count). The van der Waals surface area contributed by atoms with Gasteiger partial charge < -0.3 is 19.7 Å². The molecular formula is C21H23N3O6S2. The fraction of sp³-hybridized carbons (Fsp3) is 0.333. The van der Waals surface area contributed by atoms with Crippen LogP contribution in [0.15, 0.2) is 53.4 Å². The van der Waals surface area contributed by atoms with Crippen molar-refractivity contribution < 1.29 is 27.5 Å². The van der Waals surface area contributed by atoms with Crippen LogP contribution in [0.25, 0.3) is 0 Å². The Morgan fingerprint density at radius 1 is 1.12 bits per heavy atom. The fourth-order valence-electron chi connectivity index (χ4n) is 3.31. The van der Waals surface area contributed by atoms with Crippen LogP contribution >= 0.6 is 11.8 Å². The van der Waals surface area contributed by atoms with Gasteiger partial charge in [0, 0.05) is 13.1 Å². The topological polar surface area (TPSA) is 105 Å². The van der Waals surface area contributed by atoms with Crippen molar-refractivity contribution in [3.63, 3.8) is 0 Å². The van der Waals surface area contributed by atoms with Crippen molar-refractivity contribution >= 4 is 39.3 Å². The molecule has 2 amide bonds. The highest BCUT2D eigenvalue weighted by molar-refractivity contribution is 8.00. The maximum atomic E-state index is 13.1. The van der Waals surface area contributed by atoms with Crippen LogP contribution in [0.5, 0.6) is 11.5 Å². The molecule has 0 bridgehead atoms. The number of carbonyl (C=O) groups is 2. The smallest absolute Gasteiger partial charge is 0.244 e. The van der Waals surface area contributed by atoms with Crippen molar-refractivity contribution in [1.29, 1.82) is 0 Å². The second-order valence-electron chi connectivity index (χ2n) is 7.21. The van der Waals surface area contributed by atoms with Gasteiger partial charge >= 0.3 is 0 Å². The minimum absolute atomic E-state index is 0.0444. The molecule has 11 heteroatoms. The highest BCUT2D eigenvalue weighted by Crippen LogP contribution is 2.33. The first-order chi connectivity index (χ1) is 15.4. The summed E-state index contributed by atoms with van der Waals surface area (Å²) in [5, 5.41) is 2.72. The number of carbonyl (C=O) groups excluding carboxylic acids is 2. The van der Waals surface area contributed by atoms with E-state index in [1.165, 1.54) is 39.2 Å². The average Bonchev–Trinajstić information content (AvgIpc) is 3.20. The van der Waals surface area contributed by atoms with Gasteiger partial charge in [0.1, 0.15) is 12.3 Å². The summed E-state index contributed by atoms with van der Waals surface area (Å²) in [6.07, 6.45) is 0. The Hall–Kier alpha value is -2.60. The van der Waals surface area contributed by atoms with E-state index in [9.17, 15) is 18.0 Å². The van der Waals surface area contributed by atoms with E-state index in [-0.39, 0.29) is 36.1 Å². The van der Waals surface area contributed by atoms with Gasteiger partial charge in [0.05, 0.1) is 35.4 Å². The van der Waals surface area contributed by atoms with Crippen molar-refractivity contribution in [2.45, 2.75) is 4.90 Å². The van der Waals surface area contributed by atoms with Crippen molar-refractivity contribution in [3.8, 4) is 11.5 Å². The van der Waals surface area contributed by atoms with Crippen molar-refractivity contribution in [1.82, 2.24) is 9.21 Å². The molecule has 0 saturated carbocycles. The zero-order valence-electron chi connectivity index (χ0n) is 17.2. The fourth-order valence-corrected chi connectivity index (χ4v) is 5.65. The summed E-state index contributed by atoms with van der Waals surface area (Å²) in [5.41, 5.74) is 0.215. The van der Waals surface area contributed by atoms with Gasteiger partial charge in [0.15, 0.2) is 5.75 Å². The van der Waals surface area contributed by atoms with Crippen LogP contribution in [-0.2, 0) is 24.3 Å². The largest absolute Gasteiger partial charge is 0.455 e. The Morgan fingerprint density at radius 2 is 1.88 bits per heavy atom. The number of hydrogen-bond donors (Lipinski definition) is 1. The van der Waals surface area contributed by atoms with Gasteiger partial charge in [-0.2, -0.15) is 4.31 Å². The summed E-state index contributed by atoms with van der Waals surface area (Å²) in [5.74, 6) is 1.10. The minimum atomic E-state index is -3.76. The van der Waals surface area contributed by atoms with Gasteiger partial charge in [-0.25, -0.2) is 8.42 Å². The number of thioether (sulfide) groups is 1. The number of benzene rings is 2. The molecule has 0 unspecified atom stereocenters. The third-order valence-electron chi connectivity index (χ3n) is 4.96. The molecule has 0 spiro atoms. The van der Waals surface area contributed by atoms with E-state index in [1.54, 1.807) is 12.1 Å². The number of sulfonamides is 1. The van der Waals surface area contributed by atoms with Crippen molar-refractivity contribution in [3.05, 3.63) is 48.5 Å². The SMILES string of the molecule is O=C(CN1CSCC1=O)Nc1cc(S(=O)(=O)N2CCOCC2)ccc1Oc1ccccc1. The molecule has 2 heterocycles. The van der Waals surface area contributed by atoms with Crippen LogP contribution in [0, 0.1) is 0 Å². The molecule has 170 valence electrons. The van der Waals surface area contributed by atoms with Gasteiger partial charge in [-0.3, -0.25) is 9.59 Å². The highest BCUT2D eigenvalue weighted by atomic mass is 32.2. The second kappa shape index (κ2) is 9.90. The molecule has 2 aliphatic rings. The molecule has 0 radical (unpaired) electrons. The number of morpholine rings is 1. The number of anilines is 1. The van der Waals surface area contributed by atoms with Crippen LogP contribution in [0.2, 0.25) is 0 Å². The zero-order chi connectivity index (χ0) is 22.6. The molecule has 0 atom stereocenters. The summed E-state index contributed by atoms with van der Waals surface area (Å²) < 4.78 is 38.6. The number of hydrogen-bond acceptors (Lipinski definition) is 7. The van der Waals surface area contributed by atoms with Crippen LogP contribution in [0.3, 0.4) is 0 Å². The molecule has 2 fully saturated rings. The molecule has 2 aromatic carbocycles. The summed E-state index contributed by atoms with van der Waals surface area (Å²) in [4.78, 5) is 26.0. The number of nitrogens with zero attached hydrogens (tertiary/aromatic N) is 2. The van der Waals surface area contributed by atoms with E-state index in [2.05, 4.69) is 5.32 Å². The third-order valence-corrected chi connectivity index (χ3v) is 7.80. The monoisotopic (exact) mass is 477 g/mol. The van der Waals surface area contributed by atoms with Gasteiger partial charge in [0.2, 0.25) is 21.8 Å². The predicted molar refractivity (Wildman–Crippen MR) is 120 cm³/mol. The Morgan fingerprint density at radius 3 is 2.56 bits per heavy atom. The highest BCUT2D eigenvalue weighted by Gasteiger charge is 2.28. The van der Waals surface area contributed by atoms with Crippen molar-refractivity contribution in [2.24, 2.45) is 0 Å². The molecule has 2 aromatic rings. The Balaban J connectivity index is 1.61. The predicted octanol–water partition coefficient (Wildman–Crippen LogP) is 1.97. The second-order valence-corrected chi connectivity index (χ2v) is 10.1.